The molecule has 5 atom stereocenters. The number of rotatable bonds is 11. The fourth-order valence-corrected chi connectivity index (χ4v) is 9.88. The molecule has 0 radical (unpaired) electrons. The number of aromatic nitrogens is 3. The first kappa shape index (κ1) is 28.8. The predicted octanol–water partition coefficient (Wildman–Crippen LogP) is 5.41. The van der Waals surface area contributed by atoms with Gasteiger partial charge in [-0.15, -0.1) is 0 Å². The van der Waals surface area contributed by atoms with Crippen LogP contribution in [-0.4, -0.2) is 55.3 Å². The van der Waals surface area contributed by atoms with Crippen LogP contribution in [0.15, 0.2) is 33.8 Å². The second-order valence-corrected chi connectivity index (χ2v) is 17.0. The van der Waals surface area contributed by atoms with Crippen molar-refractivity contribution in [2.45, 2.75) is 96.5 Å². The third kappa shape index (κ3) is 6.20. The number of hydrogen-bond acceptors (Lipinski definition) is 7. The molecule has 0 saturated carbocycles. The van der Waals surface area contributed by atoms with Crippen molar-refractivity contribution in [3.63, 3.8) is 0 Å². The zero-order valence-corrected chi connectivity index (χ0v) is 24.8. The lowest BCUT2D eigenvalue weighted by Gasteiger charge is -2.48. The van der Waals surface area contributed by atoms with Crippen LogP contribution in [0.1, 0.15) is 59.5 Å². The number of hydrogen-bond donors (Lipinski definition) is 0. The molecular formula is C26H43N3O5SSi. The second-order valence-electron chi connectivity index (χ2n) is 10.2. The van der Waals surface area contributed by atoms with E-state index in [0.29, 0.717) is 12.3 Å². The highest BCUT2D eigenvalue weighted by Crippen LogP contribution is 2.40. The van der Waals surface area contributed by atoms with E-state index in [-0.39, 0.29) is 41.1 Å². The smallest absolute Gasteiger partial charge is 0.227 e. The fourth-order valence-electron chi connectivity index (χ4n) is 5.43. The molecule has 2 aromatic heterocycles. The quantitative estimate of drug-likeness (QED) is 0.353. The van der Waals surface area contributed by atoms with Gasteiger partial charge in [0.2, 0.25) is 15.0 Å². The third-order valence-electron chi connectivity index (χ3n) is 7.93. The average molecular weight is 538 g/mol. The highest BCUT2D eigenvalue weighted by Gasteiger charge is 2.46. The topological polar surface area (TPSA) is 96.5 Å². The molecular weight excluding hydrogens is 494 g/mol. The summed E-state index contributed by atoms with van der Waals surface area (Å²) in [6, 6.07) is 3.19. The van der Waals surface area contributed by atoms with Crippen LogP contribution in [0.3, 0.4) is 0 Å². The Balaban J connectivity index is 1.90. The van der Waals surface area contributed by atoms with Crippen molar-refractivity contribution in [3.8, 4) is 0 Å². The summed E-state index contributed by atoms with van der Waals surface area (Å²) in [5.41, 5.74) is 1.79. The van der Waals surface area contributed by atoms with Gasteiger partial charge in [0.1, 0.15) is 12.0 Å². The van der Waals surface area contributed by atoms with Crippen LogP contribution in [0.4, 0.5) is 0 Å². The SMILES string of the molecule is CC[Si](CC)(CC)O[C@H]1[C@@H](C)[C@@H](CCS(=O)(=O)c2nccn2C)O[C@@H](/C(C)=C/c2coc(C)n2)[C@@H]1C. The van der Waals surface area contributed by atoms with Gasteiger partial charge in [-0.3, -0.25) is 0 Å². The molecule has 0 amide bonds. The normalized spacial score (nSPS) is 25.9. The minimum Gasteiger partial charge on any atom is -0.449 e. The Bertz CT molecular complexity index is 1130. The summed E-state index contributed by atoms with van der Waals surface area (Å²) in [5.74, 6) is 0.766. The highest BCUT2D eigenvalue weighted by atomic mass is 32.2. The summed E-state index contributed by atoms with van der Waals surface area (Å²) >= 11 is 0. The maximum Gasteiger partial charge on any atom is 0.227 e. The summed E-state index contributed by atoms with van der Waals surface area (Å²) in [6.07, 6.45) is 6.70. The zero-order valence-electron chi connectivity index (χ0n) is 23.0. The Labute approximate surface area is 217 Å². The molecule has 0 aliphatic carbocycles. The van der Waals surface area contributed by atoms with Crippen LogP contribution in [0, 0.1) is 18.8 Å². The van der Waals surface area contributed by atoms with Gasteiger partial charge in [0.25, 0.3) is 0 Å². The molecule has 0 N–H and O–H groups in total. The monoisotopic (exact) mass is 537 g/mol. The molecule has 3 heterocycles. The van der Waals surface area contributed by atoms with Gasteiger partial charge in [-0.2, -0.15) is 0 Å². The van der Waals surface area contributed by atoms with E-state index in [4.69, 9.17) is 13.6 Å². The van der Waals surface area contributed by atoms with Crippen LogP contribution >= 0.6 is 0 Å². The maximum absolute atomic E-state index is 13.0. The van der Waals surface area contributed by atoms with E-state index in [9.17, 15) is 8.42 Å². The van der Waals surface area contributed by atoms with Crippen molar-refractivity contribution in [3.05, 3.63) is 35.8 Å². The molecule has 10 heteroatoms. The first-order valence-electron chi connectivity index (χ1n) is 13.1. The Kier molecular flexibility index (Phi) is 9.40. The maximum atomic E-state index is 13.0. The Morgan fingerprint density at radius 1 is 1.19 bits per heavy atom. The number of oxazole rings is 1. The van der Waals surface area contributed by atoms with Crippen molar-refractivity contribution >= 4 is 24.2 Å². The molecule has 8 nitrogen and oxygen atoms in total. The number of sulfone groups is 1. The minimum absolute atomic E-state index is 0.0153. The number of imidazole rings is 1. The molecule has 36 heavy (non-hydrogen) atoms. The van der Waals surface area contributed by atoms with Gasteiger partial charge < -0.3 is 18.1 Å². The van der Waals surface area contributed by atoms with Gasteiger partial charge in [-0.25, -0.2) is 18.4 Å². The average Bonchev–Trinajstić information content (AvgIpc) is 3.47. The van der Waals surface area contributed by atoms with Crippen LogP contribution in [0.25, 0.3) is 6.08 Å². The van der Waals surface area contributed by atoms with Crippen LogP contribution in [-0.2, 0) is 26.0 Å². The molecule has 1 saturated heterocycles. The Morgan fingerprint density at radius 2 is 1.86 bits per heavy atom. The van der Waals surface area contributed by atoms with Crippen LogP contribution < -0.4 is 0 Å². The standard InChI is InChI=1S/C26H43N3O5SSi/c1-9-36(10-2,11-3)34-25-19(5)23(12-15-35(30,31)26-27-13-14-29(26)8)33-24(20(25)6)18(4)16-22-17-32-21(7)28-22/h13-14,16-17,19-20,23-25H,9-12,15H2,1-8H3/b18-16+/t19-,20-,23+,24-,25-/m0/s1. The van der Waals surface area contributed by atoms with Gasteiger partial charge in [0, 0.05) is 38.2 Å². The molecule has 0 aromatic carbocycles. The number of ether oxygens (including phenoxy) is 1. The van der Waals surface area contributed by atoms with Crippen molar-refractivity contribution in [2.75, 3.05) is 5.75 Å². The van der Waals surface area contributed by atoms with Gasteiger partial charge in [-0.05, 0) is 43.1 Å². The molecule has 1 aliphatic heterocycles. The number of nitrogens with zero attached hydrogens (tertiary/aromatic N) is 3. The molecule has 3 rings (SSSR count). The second kappa shape index (κ2) is 11.7. The van der Waals surface area contributed by atoms with Crippen molar-refractivity contribution in [1.82, 2.24) is 14.5 Å². The first-order valence-corrected chi connectivity index (χ1v) is 17.3. The number of aryl methyl sites for hydroxylation is 2. The van der Waals surface area contributed by atoms with Gasteiger partial charge in [0.15, 0.2) is 14.2 Å². The lowest BCUT2D eigenvalue weighted by Crippen LogP contribution is -2.55. The molecule has 1 aliphatic rings. The fraction of sp³-hybridized carbons (Fsp3) is 0.692. The summed E-state index contributed by atoms with van der Waals surface area (Å²) in [5, 5.41) is 0.0931. The van der Waals surface area contributed by atoms with Gasteiger partial charge in [0.05, 0.1) is 24.1 Å². The van der Waals surface area contributed by atoms with E-state index in [2.05, 4.69) is 44.6 Å². The Morgan fingerprint density at radius 3 is 2.39 bits per heavy atom. The molecule has 2 aromatic rings. The van der Waals surface area contributed by atoms with Crippen molar-refractivity contribution in [1.29, 1.82) is 0 Å². The first-order chi connectivity index (χ1) is 17.0. The molecule has 0 bridgehead atoms. The van der Waals surface area contributed by atoms with E-state index < -0.39 is 18.2 Å². The summed E-state index contributed by atoms with van der Waals surface area (Å²) in [4.78, 5) is 8.48. The molecule has 0 unspecified atom stereocenters. The zero-order chi connectivity index (χ0) is 26.7. The van der Waals surface area contributed by atoms with E-state index in [1.807, 2.05) is 19.9 Å². The summed E-state index contributed by atoms with van der Waals surface area (Å²) < 4.78 is 46.7. The Hall–Kier alpha value is -1.75. The van der Waals surface area contributed by atoms with Crippen LogP contribution in [0.2, 0.25) is 18.1 Å². The van der Waals surface area contributed by atoms with Crippen molar-refractivity contribution in [2.24, 2.45) is 18.9 Å². The minimum atomic E-state index is -3.53. The lowest BCUT2D eigenvalue weighted by molar-refractivity contribution is -0.145. The molecule has 202 valence electrons. The third-order valence-corrected chi connectivity index (χ3v) is 14.3. The molecule has 1 fully saturated rings. The largest absolute Gasteiger partial charge is 0.449 e. The van der Waals surface area contributed by atoms with E-state index in [1.165, 1.54) is 6.20 Å². The lowest BCUT2D eigenvalue weighted by atomic mass is 9.80. The highest BCUT2D eigenvalue weighted by molar-refractivity contribution is 7.91. The van der Waals surface area contributed by atoms with Gasteiger partial charge >= 0.3 is 0 Å². The van der Waals surface area contributed by atoms with Gasteiger partial charge in [-0.1, -0.05) is 34.6 Å². The summed E-state index contributed by atoms with van der Waals surface area (Å²) in [7, 11) is -3.73. The van der Waals surface area contributed by atoms with E-state index in [1.54, 1.807) is 24.1 Å². The predicted molar refractivity (Wildman–Crippen MR) is 144 cm³/mol. The van der Waals surface area contributed by atoms with E-state index in [0.717, 1.165) is 29.4 Å². The van der Waals surface area contributed by atoms with Crippen LogP contribution in [0.5, 0.6) is 0 Å². The summed E-state index contributed by atoms with van der Waals surface area (Å²) in [6.45, 7) is 14.9. The van der Waals surface area contributed by atoms with E-state index >= 15 is 0 Å². The molecule has 0 spiro atoms. The van der Waals surface area contributed by atoms with Crippen molar-refractivity contribution < 1.29 is 22.0 Å².